The zero-order valence-electron chi connectivity index (χ0n) is 23.3. The molecule has 0 aromatic heterocycles. The molecule has 0 aliphatic carbocycles. The third-order valence-corrected chi connectivity index (χ3v) is 9.23. The number of rotatable bonds is 13. The van der Waals surface area contributed by atoms with Crippen LogP contribution in [0, 0.1) is 0 Å². The molecule has 4 aromatic rings. The van der Waals surface area contributed by atoms with E-state index in [4.69, 9.17) is 4.74 Å². The van der Waals surface area contributed by atoms with Crippen molar-refractivity contribution in [2.75, 3.05) is 6.54 Å². The van der Waals surface area contributed by atoms with Crippen LogP contribution in [0.15, 0.2) is 121 Å². The van der Waals surface area contributed by atoms with Gasteiger partial charge in [0.05, 0.1) is 6.54 Å². The zero-order chi connectivity index (χ0) is 29.8. The van der Waals surface area contributed by atoms with Crippen molar-refractivity contribution in [1.82, 2.24) is 15.7 Å². The normalized spacial score (nSPS) is 12.5. The molecule has 42 heavy (non-hydrogen) atoms. The fraction of sp³-hybridized carbons (Fsp3) is 0.182. The molecule has 3 N–H and O–H groups in total. The van der Waals surface area contributed by atoms with Crippen LogP contribution < -0.4 is 26.3 Å². The lowest BCUT2D eigenvalue weighted by Crippen LogP contribution is -2.52. The Bertz CT molecular complexity index is 1460. The summed E-state index contributed by atoms with van der Waals surface area (Å²) in [6.45, 7) is 1.31. The first-order valence-electron chi connectivity index (χ1n) is 13.7. The van der Waals surface area contributed by atoms with Gasteiger partial charge >= 0.3 is 5.97 Å². The standard InChI is InChI=1S/C33H34N3O5P/c1-25(35-31(37)23-34-42(40,28-18-10-4-11-19-28)29-20-12-5-13-21-29)32(38)36-30(22-26-14-6-2-7-15-26)33(39)41-24-27-16-8-3-9-17-27/h2-21,25,30H,22-24H2,1H3,(H,34,40)(H,35,37)(H,36,38)/t25-,30+/m1/s1. The molecule has 0 aliphatic rings. The highest BCUT2D eigenvalue weighted by atomic mass is 31.2. The minimum atomic E-state index is -3.33. The number of carbonyl (C=O) groups is 3. The topological polar surface area (TPSA) is 114 Å². The Hall–Kier alpha value is -4.52. The van der Waals surface area contributed by atoms with Crippen LogP contribution in [0.5, 0.6) is 0 Å². The van der Waals surface area contributed by atoms with Gasteiger partial charge in [-0.2, -0.15) is 0 Å². The van der Waals surface area contributed by atoms with Gasteiger partial charge in [0.25, 0.3) is 0 Å². The van der Waals surface area contributed by atoms with Crippen molar-refractivity contribution in [1.29, 1.82) is 0 Å². The fourth-order valence-corrected chi connectivity index (χ4v) is 6.53. The Labute approximate surface area is 245 Å². The number of amides is 2. The average molecular weight is 584 g/mol. The van der Waals surface area contributed by atoms with E-state index in [1.54, 1.807) is 48.5 Å². The second-order valence-electron chi connectivity index (χ2n) is 9.75. The van der Waals surface area contributed by atoms with Gasteiger partial charge in [-0.3, -0.25) is 19.2 Å². The SMILES string of the molecule is C[C@@H](NC(=O)CNP(=O)(c1ccccc1)c1ccccc1)C(=O)N[C@@H](Cc1ccccc1)C(=O)OCc1ccccc1. The van der Waals surface area contributed by atoms with Crippen molar-refractivity contribution in [3.05, 3.63) is 132 Å². The Kier molecular flexibility index (Phi) is 10.8. The van der Waals surface area contributed by atoms with E-state index in [1.807, 2.05) is 72.8 Å². The highest BCUT2D eigenvalue weighted by molar-refractivity contribution is 7.76. The maximum absolute atomic E-state index is 14.1. The Morgan fingerprint density at radius 2 is 1.17 bits per heavy atom. The van der Waals surface area contributed by atoms with E-state index in [1.165, 1.54) is 6.92 Å². The van der Waals surface area contributed by atoms with E-state index >= 15 is 0 Å². The van der Waals surface area contributed by atoms with E-state index in [0.29, 0.717) is 10.6 Å². The highest BCUT2D eigenvalue weighted by Crippen LogP contribution is 2.38. The van der Waals surface area contributed by atoms with Crippen LogP contribution in [0.1, 0.15) is 18.1 Å². The molecule has 9 heteroatoms. The summed E-state index contributed by atoms with van der Waals surface area (Å²) in [5.74, 6) is -1.64. The monoisotopic (exact) mass is 583 g/mol. The molecule has 0 spiro atoms. The molecule has 0 radical (unpaired) electrons. The van der Waals surface area contributed by atoms with E-state index in [-0.39, 0.29) is 19.6 Å². The van der Waals surface area contributed by atoms with Crippen molar-refractivity contribution >= 4 is 35.7 Å². The predicted molar refractivity (Wildman–Crippen MR) is 164 cm³/mol. The Morgan fingerprint density at radius 1 is 0.690 bits per heavy atom. The quantitative estimate of drug-likeness (QED) is 0.164. The first-order chi connectivity index (χ1) is 20.3. The summed E-state index contributed by atoms with van der Waals surface area (Å²) in [6, 6.07) is 34.4. The predicted octanol–water partition coefficient (Wildman–Crippen LogP) is 3.48. The molecule has 0 saturated heterocycles. The smallest absolute Gasteiger partial charge is 0.329 e. The molecule has 0 aliphatic heterocycles. The second kappa shape index (κ2) is 14.9. The maximum Gasteiger partial charge on any atom is 0.329 e. The molecule has 4 rings (SSSR count). The number of carbonyl (C=O) groups excluding carboxylic acids is 3. The average Bonchev–Trinajstić information content (AvgIpc) is 3.04. The molecule has 216 valence electrons. The summed E-state index contributed by atoms with van der Waals surface area (Å²) >= 11 is 0. The van der Waals surface area contributed by atoms with E-state index < -0.39 is 37.2 Å². The molecule has 0 saturated carbocycles. The van der Waals surface area contributed by atoms with Crippen LogP contribution in [-0.2, 0) is 36.7 Å². The lowest BCUT2D eigenvalue weighted by molar-refractivity contribution is -0.149. The number of benzene rings is 4. The van der Waals surface area contributed by atoms with Gasteiger partial charge in [0, 0.05) is 17.0 Å². The molecular weight excluding hydrogens is 549 g/mol. The van der Waals surface area contributed by atoms with Gasteiger partial charge in [-0.15, -0.1) is 0 Å². The molecule has 8 nitrogen and oxygen atoms in total. The number of esters is 1. The van der Waals surface area contributed by atoms with Crippen molar-refractivity contribution < 1.29 is 23.7 Å². The van der Waals surface area contributed by atoms with Crippen LogP contribution in [-0.4, -0.2) is 36.4 Å². The maximum atomic E-state index is 14.1. The molecular formula is C33H34N3O5P. The van der Waals surface area contributed by atoms with Crippen LogP contribution in [0.2, 0.25) is 0 Å². The van der Waals surface area contributed by atoms with Gasteiger partial charge in [-0.25, -0.2) is 4.79 Å². The third-order valence-electron chi connectivity index (χ3n) is 6.58. The number of nitrogens with one attached hydrogen (secondary N) is 3. The summed E-state index contributed by atoms with van der Waals surface area (Å²) in [7, 11) is -3.33. The Morgan fingerprint density at radius 3 is 1.69 bits per heavy atom. The number of ether oxygens (including phenoxy) is 1. The minimum absolute atomic E-state index is 0.0711. The van der Waals surface area contributed by atoms with Crippen molar-refractivity contribution in [3.8, 4) is 0 Å². The highest BCUT2D eigenvalue weighted by Gasteiger charge is 2.29. The van der Waals surface area contributed by atoms with Gasteiger partial charge in [-0.1, -0.05) is 97.1 Å². The van der Waals surface area contributed by atoms with Gasteiger partial charge in [0.15, 0.2) is 0 Å². The van der Waals surface area contributed by atoms with Crippen LogP contribution in [0.4, 0.5) is 0 Å². The molecule has 0 bridgehead atoms. The molecule has 0 unspecified atom stereocenters. The Balaban J connectivity index is 1.38. The number of hydrogen-bond acceptors (Lipinski definition) is 5. The lowest BCUT2D eigenvalue weighted by atomic mass is 10.1. The number of hydrogen-bond donors (Lipinski definition) is 3. The summed E-state index contributed by atoms with van der Waals surface area (Å²) in [5, 5.41) is 9.42. The van der Waals surface area contributed by atoms with Crippen molar-refractivity contribution in [3.63, 3.8) is 0 Å². The van der Waals surface area contributed by atoms with E-state index in [2.05, 4.69) is 15.7 Å². The third kappa shape index (κ3) is 8.49. The van der Waals surface area contributed by atoms with Crippen molar-refractivity contribution in [2.45, 2.75) is 32.0 Å². The lowest BCUT2D eigenvalue weighted by Gasteiger charge is -2.22. The summed E-state index contributed by atoms with van der Waals surface area (Å²) in [4.78, 5) is 39.0. The fourth-order valence-electron chi connectivity index (χ4n) is 4.32. The van der Waals surface area contributed by atoms with Crippen LogP contribution >= 0.6 is 7.29 Å². The van der Waals surface area contributed by atoms with Gasteiger partial charge in [-0.05, 0) is 42.3 Å². The summed E-state index contributed by atoms with van der Waals surface area (Å²) < 4.78 is 19.6. The van der Waals surface area contributed by atoms with E-state index in [0.717, 1.165) is 11.1 Å². The summed E-state index contributed by atoms with van der Waals surface area (Å²) in [6.07, 6.45) is 0.222. The molecule has 0 heterocycles. The first-order valence-corrected chi connectivity index (χ1v) is 15.4. The van der Waals surface area contributed by atoms with Gasteiger partial charge in [0.1, 0.15) is 18.7 Å². The molecule has 2 atom stereocenters. The molecule has 4 aromatic carbocycles. The first kappa shape index (κ1) is 30.4. The minimum Gasteiger partial charge on any atom is -0.459 e. The largest absolute Gasteiger partial charge is 0.459 e. The van der Waals surface area contributed by atoms with Crippen molar-refractivity contribution in [2.24, 2.45) is 0 Å². The summed E-state index contributed by atoms with van der Waals surface area (Å²) in [5.41, 5.74) is 1.67. The van der Waals surface area contributed by atoms with Gasteiger partial charge in [0.2, 0.25) is 19.1 Å². The van der Waals surface area contributed by atoms with E-state index in [9.17, 15) is 18.9 Å². The van der Waals surface area contributed by atoms with Crippen LogP contribution in [0.3, 0.4) is 0 Å². The zero-order valence-corrected chi connectivity index (χ0v) is 24.2. The molecule has 0 fully saturated rings. The second-order valence-corrected chi connectivity index (χ2v) is 12.3. The molecule has 2 amide bonds. The van der Waals surface area contributed by atoms with Gasteiger partial charge < -0.3 is 15.4 Å². The van der Waals surface area contributed by atoms with Crippen LogP contribution in [0.25, 0.3) is 0 Å².